The lowest BCUT2D eigenvalue weighted by molar-refractivity contribution is 0.174. The summed E-state index contributed by atoms with van der Waals surface area (Å²) in [7, 11) is -3.90. The SMILES string of the molecule is O=c1c2ccccc2c(C=Nc2ccc(S(=O)(=O)Nc3ncccn3)cc2)c(O)n1Cc1ccc2c(c1)OCO2. The fraction of sp³-hybridized carbons (Fsp3) is 0.0714. The van der Waals surface area contributed by atoms with Crippen LogP contribution in [-0.4, -0.2) is 41.1 Å². The number of benzene rings is 3. The van der Waals surface area contributed by atoms with Crippen molar-refractivity contribution in [2.75, 3.05) is 11.5 Å². The third-order valence-electron chi connectivity index (χ3n) is 6.25. The standard InChI is InChI=1S/C28H21N5O6S/c34-26-22-5-2-1-4-21(22)23(27(35)33(26)16-18-6-11-24-25(14-18)39-17-38-24)15-31-19-7-9-20(10-8-19)40(36,37)32-28-29-12-3-13-30-28/h1-15,35H,16-17H2,(H,29,30,32). The number of hydrogen-bond acceptors (Lipinski definition) is 9. The van der Waals surface area contributed by atoms with Crippen molar-refractivity contribution in [2.24, 2.45) is 4.99 Å². The Labute approximate surface area is 228 Å². The highest BCUT2D eigenvalue weighted by atomic mass is 32.2. The summed E-state index contributed by atoms with van der Waals surface area (Å²) in [5.74, 6) is 0.901. The Kier molecular flexibility index (Phi) is 6.36. The second kappa shape index (κ2) is 10.2. The molecule has 3 aromatic carbocycles. The van der Waals surface area contributed by atoms with Crippen LogP contribution in [0.1, 0.15) is 11.1 Å². The van der Waals surface area contributed by atoms with Gasteiger partial charge in [-0.1, -0.05) is 24.3 Å². The van der Waals surface area contributed by atoms with Crippen molar-refractivity contribution >= 4 is 38.6 Å². The van der Waals surface area contributed by atoms with Gasteiger partial charge in [-0.3, -0.25) is 14.4 Å². The number of nitrogens with one attached hydrogen (secondary N) is 1. The first-order valence-corrected chi connectivity index (χ1v) is 13.5. The average molecular weight is 556 g/mol. The number of hydrogen-bond donors (Lipinski definition) is 2. The number of sulfonamides is 1. The Morgan fingerprint density at radius 3 is 2.45 bits per heavy atom. The van der Waals surface area contributed by atoms with Gasteiger partial charge in [-0.15, -0.1) is 0 Å². The van der Waals surface area contributed by atoms with Gasteiger partial charge < -0.3 is 14.6 Å². The summed E-state index contributed by atoms with van der Waals surface area (Å²) in [6.45, 7) is 0.225. The van der Waals surface area contributed by atoms with Gasteiger partial charge in [0.05, 0.1) is 22.7 Å². The molecule has 5 aromatic rings. The molecule has 0 unspecified atom stereocenters. The van der Waals surface area contributed by atoms with E-state index < -0.39 is 10.0 Å². The Hall–Kier alpha value is -5.23. The van der Waals surface area contributed by atoms with E-state index in [2.05, 4.69) is 19.7 Å². The molecule has 0 bridgehead atoms. The van der Waals surface area contributed by atoms with Gasteiger partial charge in [0, 0.05) is 29.4 Å². The number of aromatic hydroxyl groups is 1. The summed E-state index contributed by atoms with van der Waals surface area (Å²) in [6, 6.07) is 19.7. The maximum atomic E-state index is 13.3. The third-order valence-corrected chi connectivity index (χ3v) is 7.59. The molecular formula is C28H21N5O6S. The summed E-state index contributed by atoms with van der Waals surface area (Å²) in [4.78, 5) is 25.5. The van der Waals surface area contributed by atoms with Crippen LogP contribution < -0.4 is 19.8 Å². The summed E-state index contributed by atoms with van der Waals surface area (Å²) < 4.78 is 39.7. The number of fused-ring (bicyclic) bond motifs is 2. The number of aromatic nitrogens is 3. The molecule has 3 heterocycles. The molecule has 0 saturated heterocycles. The molecule has 12 heteroatoms. The molecule has 0 fully saturated rings. The maximum Gasteiger partial charge on any atom is 0.264 e. The molecule has 1 aliphatic rings. The van der Waals surface area contributed by atoms with E-state index in [4.69, 9.17) is 9.47 Å². The van der Waals surface area contributed by atoms with Crippen LogP contribution in [0.3, 0.4) is 0 Å². The summed E-state index contributed by atoms with van der Waals surface area (Å²) in [6.07, 6.45) is 4.31. The lowest BCUT2D eigenvalue weighted by atomic mass is 10.1. The fourth-order valence-electron chi connectivity index (χ4n) is 4.29. The molecule has 0 atom stereocenters. The molecule has 2 N–H and O–H groups in total. The Morgan fingerprint density at radius 2 is 1.68 bits per heavy atom. The van der Waals surface area contributed by atoms with Crippen molar-refractivity contribution in [2.45, 2.75) is 11.4 Å². The normalized spacial score (nSPS) is 12.7. The molecule has 11 nitrogen and oxygen atoms in total. The minimum Gasteiger partial charge on any atom is -0.494 e. The summed E-state index contributed by atoms with van der Waals surface area (Å²) in [5, 5.41) is 12.2. The van der Waals surface area contributed by atoms with Gasteiger partial charge in [-0.2, -0.15) is 0 Å². The highest BCUT2D eigenvalue weighted by molar-refractivity contribution is 7.92. The van der Waals surface area contributed by atoms with Crippen molar-refractivity contribution in [1.29, 1.82) is 0 Å². The van der Waals surface area contributed by atoms with Crippen molar-refractivity contribution in [3.8, 4) is 17.4 Å². The molecule has 1 aliphatic heterocycles. The maximum absolute atomic E-state index is 13.3. The van der Waals surface area contributed by atoms with Gasteiger partial charge in [0.15, 0.2) is 11.5 Å². The molecule has 6 rings (SSSR count). The minimum atomic E-state index is -3.90. The highest BCUT2D eigenvalue weighted by Crippen LogP contribution is 2.33. The van der Waals surface area contributed by atoms with Gasteiger partial charge in [0.2, 0.25) is 18.6 Å². The zero-order valence-electron chi connectivity index (χ0n) is 20.8. The van der Waals surface area contributed by atoms with Crippen LogP contribution in [0, 0.1) is 0 Å². The van der Waals surface area contributed by atoms with E-state index in [1.165, 1.54) is 47.4 Å². The Balaban J connectivity index is 1.32. The molecular weight excluding hydrogens is 534 g/mol. The van der Waals surface area contributed by atoms with Gasteiger partial charge in [-0.05, 0) is 54.1 Å². The molecule has 2 aromatic heterocycles. The van der Waals surface area contributed by atoms with Crippen molar-refractivity contribution in [1.82, 2.24) is 14.5 Å². The number of anilines is 1. The predicted molar refractivity (Wildman–Crippen MR) is 148 cm³/mol. The zero-order chi connectivity index (χ0) is 27.7. The minimum absolute atomic E-state index is 0.00414. The largest absolute Gasteiger partial charge is 0.494 e. The Bertz CT molecular complexity index is 1920. The Morgan fingerprint density at radius 1 is 0.950 bits per heavy atom. The topological polar surface area (TPSA) is 145 Å². The van der Waals surface area contributed by atoms with Gasteiger partial charge in [0.1, 0.15) is 0 Å². The quantitative estimate of drug-likeness (QED) is 0.288. The van der Waals surface area contributed by atoms with E-state index in [0.717, 1.165) is 5.56 Å². The highest BCUT2D eigenvalue weighted by Gasteiger charge is 2.18. The molecule has 0 radical (unpaired) electrons. The second-order valence-electron chi connectivity index (χ2n) is 8.79. The van der Waals surface area contributed by atoms with E-state index >= 15 is 0 Å². The molecule has 0 amide bonds. The van der Waals surface area contributed by atoms with Crippen molar-refractivity contribution in [3.63, 3.8) is 0 Å². The van der Waals surface area contributed by atoms with Crippen LogP contribution in [0.15, 0.2) is 99.9 Å². The lowest BCUT2D eigenvalue weighted by Gasteiger charge is -2.14. The van der Waals surface area contributed by atoms with E-state index in [-0.39, 0.29) is 35.6 Å². The summed E-state index contributed by atoms with van der Waals surface area (Å²) in [5.41, 5.74) is 1.17. The van der Waals surface area contributed by atoms with Crippen molar-refractivity contribution < 1.29 is 23.0 Å². The molecule has 0 saturated carbocycles. The van der Waals surface area contributed by atoms with Crippen LogP contribution in [0.4, 0.5) is 11.6 Å². The van der Waals surface area contributed by atoms with Gasteiger partial charge in [0.25, 0.3) is 15.6 Å². The third kappa shape index (κ3) is 4.83. The molecule has 200 valence electrons. The predicted octanol–water partition coefficient (Wildman–Crippen LogP) is 3.83. The smallest absolute Gasteiger partial charge is 0.264 e. The van der Waals surface area contributed by atoms with E-state index in [1.807, 2.05) is 0 Å². The molecule has 40 heavy (non-hydrogen) atoms. The van der Waals surface area contributed by atoms with Gasteiger partial charge >= 0.3 is 0 Å². The van der Waals surface area contributed by atoms with Crippen LogP contribution in [-0.2, 0) is 16.6 Å². The fourth-order valence-corrected chi connectivity index (χ4v) is 5.25. The van der Waals surface area contributed by atoms with E-state index in [0.29, 0.717) is 33.5 Å². The summed E-state index contributed by atoms with van der Waals surface area (Å²) >= 11 is 0. The first kappa shape index (κ1) is 25.1. The number of rotatable bonds is 7. The number of nitrogens with zero attached hydrogens (tertiary/aromatic N) is 4. The van der Waals surface area contributed by atoms with E-state index in [9.17, 15) is 18.3 Å². The van der Waals surface area contributed by atoms with E-state index in [1.54, 1.807) is 48.5 Å². The van der Waals surface area contributed by atoms with Crippen molar-refractivity contribution in [3.05, 3.63) is 107 Å². The average Bonchev–Trinajstić information content (AvgIpc) is 3.44. The monoisotopic (exact) mass is 555 g/mol. The van der Waals surface area contributed by atoms with Crippen LogP contribution >= 0.6 is 0 Å². The zero-order valence-corrected chi connectivity index (χ0v) is 21.6. The second-order valence-corrected chi connectivity index (χ2v) is 10.5. The number of aliphatic imine (C=N–C) groups is 1. The number of ether oxygens (including phenoxy) is 2. The molecule has 0 spiro atoms. The first-order chi connectivity index (χ1) is 19.4. The first-order valence-electron chi connectivity index (χ1n) is 12.1. The lowest BCUT2D eigenvalue weighted by Crippen LogP contribution is -2.22. The van der Waals surface area contributed by atoms with Crippen LogP contribution in [0.25, 0.3) is 10.8 Å². The molecule has 0 aliphatic carbocycles. The number of pyridine rings is 1. The van der Waals surface area contributed by atoms with Crippen LogP contribution in [0.5, 0.6) is 17.4 Å². The van der Waals surface area contributed by atoms with Gasteiger partial charge in [-0.25, -0.2) is 23.1 Å². The van der Waals surface area contributed by atoms with Crippen LogP contribution in [0.2, 0.25) is 0 Å².